The van der Waals surface area contributed by atoms with E-state index < -0.39 is 0 Å². The van der Waals surface area contributed by atoms with Gasteiger partial charge < -0.3 is 5.32 Å². The van der Waals surface area contributed by atoms with E-state index in [9.17, 15) is 0 Å². The van der Waals surface area contributed by atoms with E-state index in [1.54, 1.807) is 0 Å². The first-order valence-corrected chi connectivity index (χ1v) is 7.07. The zero-order valence-electron chi connectivity index (χ0n) is 10.7. The maximum atomic E-state index is 4.57. The fourth-order valence-electron chi connectivity index (χ4n) is 1.83. The number of hydrogen-bond donors (Lipinski definition) is 1. The number of amidine groups is 1. The maximum Gasteiger partial charge on any atom is 0.157 e. The Morgan fingerprint density at radius 2 is 1.94 bits per heavy atom. The fourth-order valence-corrected chi connectivity index (χ4v) is 2.93. The smallest absolute Gasteiger partial charge is 0.157 e. The number of nitrogens with zero attached hydrogens (tertiary/aromatic N) is 1. The predicted octanol–water partition coefficient (Wildman–Crippen LogP) is 3.46. The minimum atomic E-state index is 0.327. The molecule has 0 saturated heterocycles. The minimum Gasteiger partial charge on any atom is -0.358 e. The summed E-state index contributed by atoms with van der Waals surface area (Å²) in [7, 11) is 0. The van der Waals surface area contributed by atoms with E-state index in [2.05, 4.69) is 55.3 Å². The standard InChI is InChI=1S/C14H20N2S/c1-10(2)13-9-15-14(17-13)16-11(3)12-7-5-4-6-8-12/h4-8,10-11,13H,9H2,1-3H3,(H,15,16). The highest BCUT2D eigenvalue weighted by Crippen LogP contribution is 2.27. The van der Waals surface area contributed by atoms with Gasteiger partial charge in [0.1, 0.15) is 0 Å². The second-order valence-electron chi connectivity index (χ2n) is 4.82. The molecule has 0 aliphatic carbocycles. The lowest BCUT2D eigenvalue weighted by atomic mass is 10.1. The molecule has 0 radical (unpaired) electrons. The number of benzene rings is 1. The summed E-state index contributed by atoms with van der Waals surface area (Å²) in [6, 6.07) is 10.8. The third-order valence-electron chi connectivity index (χ3n) is 3.06. The topological polar surface area (TPSA) is 24.4 Å². The monoisotopic (exact) mass is 248 g/mol. The molecule has 1 aliphatic heterocycles. The van der Waals surface area contributed by atoms with E-state index in [0.717, 1.165) is 11.7 Å². The Hall–Kier alpha value is -0.960. The van der Waals surface area contributed by atoms with Crippen LogP contribution in [-0.2, 0) is 0 Å². The molecular formula is C14H20N2S. The molecule has 1 aliphatic rings. The van der Waals surface area contributed by atoms with Crippen molar-refractivity contribution in [2.24, 2.45) is 10.9 Å². The third kappa shape index (κ3) is 3.25. The normalized spacial score (nSPS) is 21.4. The van der Waals surface area contributed by atoms with Gasteiger partial charge in [-0.15, -0.1) is 0 Å². The average molecular weight is 248 g/mol. The molecular weight excluding hydrogens is 228 g/mol. The molecule has 0 spiro atoms. The van der Waals surface area contributed by atoms with Gasteiger partial charge in [0.05, 0.1) is 12.6 Å². The first-order valence-electron chi connectivity index (χ1n) is 6.19. The van der Waals surface area contributed by atoms with E-state index in [-0.39, 0.29) is 0 Å². The molecule has 0 aromatic heterocycles. The molecule has 1 heterocycles. The van der Waals surface area contributed by atoms with Gasteiger partial charge in [-0.25, -0.2) is 0 Å². The van der Waals surface area contributed by atoms with Crippen LogP contribution < -0.4 is 5.32 Å². The van der Waals surface area contributed by atoms with Crippen molar-refractivity contribution >= 4 is 16.9 Å². The molecule has 92 valence electrons. The predicted molar refractivity (Wildman–Crippen MR) is 76.5 cm³/mol. The molecule has 17 heavy (non-hydrogen) atoms. The molecule has 2 nitrogen and oxygen atoms in total. The average Bonchev–Trinajstić information content (AvgIpc) is 2.79. The highest BCUT2D eigenvalue weighted by Gasteiger charge is 2.23. The summed E-state index contributed by atoms with van der Waals surface area (Å²) >= 11 is 1.88. The summed E-state index contributed by atoms with van der Waals surface area (Å²) in [6.07, 6.45) is 0. The van der Waals surface area contributed by atoms with Crippen molar-refractivity contribution in [1.29, 1.82) is 0 Å². The van der Waals surface area contributed by atoms with Crippen molar-refractivity contribution in [2.45, 2.75) is 32.1 Å². The lowest BCUT2D eigenvalue weighted by molar-refractivity contribution is 0.621. The summed E-state index contributed by atoms with van der Waals surface area (Å²) in [6.45, 7) is 7.65. The van der Waals surface area contributed by atoms with Crippen LogP contribution in [0.1, 0.15) is 32.4 Å². The lowest BCUT2D eigenvalue weighted by Gasteiger charge is -2.16. The minimum absolute atomic E-state index is 0.327. The number of hydrogen-bond acceptors (Lipinski definition) is 3. The number of aliphatic imine (C=N–C) groups is 1. The summed E-state index contributed by atoms with van der Waals surface area (Å²) in [5.41, 5.74) is 1.31. The third-order valence-corrected chi connectivity index (χ3v) is 4.53. The quantitative estimate of drug-likeness (QED) is 0.886. The van der Waals surface area contributed by atoms with Gasteiger partial charge in [0.15, 0.2) is 5.17 Å². The van der Waals surface area contributed by atoms with Gasteiger partial charge in [0.25, 0.3) is 0 Å². The van der Waals surface area contributed by atoms with Crippen molar-refractivity contribution in [2.75, 3.05) is 6.54 Å². The highest BCUT2D eigenvalue weighted by molar-refractivity contribution is 8.14. The molecule has 2 rings (SSSR count). The Morgan fingerprint density at radius 3 is 2.53 bits per heavy atom. The second kappa shape index (κ2) is 5.58. The van der Waals surface area contributed by atoms with Gasteiger partial charge >= 0.3 is 0 Å². The molecule has 1 N–H and O–H groups in total. The van der Waals surface area contributed by atoms with Crippen molar-refractivity contribution < 1.29 is 0 Å². The van der Waals surface area contributed by atoms with Gasteiger partial charge in [0.2, 0.25) is 0 Å². The zero-order chi connectivity index (χ0) is 12.3. The molecule has 2 unspecified atom stereocenters. The van der Waals surface area contributed by atoms with Gasteiger partial charge in [0, 0.05) is 5.25 Å². The van der Waals surface area contributed by atoms with Crippen molar-refractivity contribution in [3.63, 3.8) is 0 Å². The van der Waals surface area contributed by atoms with Gasteiger partial charge in [-0.2, -0.15) is 0 Å². The Bertz CT molecular complexity index is 386. The number of thioether (sulfide) groups is 1. The second-order valence-corrected chi connectivity index (χ2v) is 6.05. The maximum absolute atomic E-state index is 4.57. The largest absolute Gasteiger partial charge is 0.358 e. The first-order chi connectivity index (χ1) is 8.16. The van der Waals surface area contributed by atoms with Crippen LogP contribution in [0.15, 0.2) is 35.3 Å². The van der Waals surface area contributed by atoms with E-state index in [1.807, 2.05) is 17.8 Å². The Balaban J connectivity index is 1.91. The lowest BCUT2D eigenvalue weighted by Crippen LogP contribution is -2.23. The number of rotatable bonds is 3. The molecule has 1 aromatic rings. The zero-order valence-corrected chi connectivity index (χ0v) is 11.5. The SMILES string of the molecule is CC(NC1=NCC(C(C)C)S1)c1ccccc1. The van der Waals surface area contributed by atoms with Crippen molar-refractivity contribution in [3.05, 3.63) is 35.9 Å². The molecule has 0 amide bonds. The van der Waals surface area contributed by atoms with Gasteiger partial charge in [-0.1, -0.05) is 55.9 Å². The summed E-state index contributed by atoms with van der Waals surface area (Å²) in [5, 5.41) is 5.23. The van der Waals surface area contributed by atoms with Crippen LogP contribution in [0.5, 0.6) is 0 Å². The van der Waals surface area contributed by atoms with Crippen molar-refractivity contribution in [3.8, 4) is 0 Å². The van der Waals surface area contributed by atoms with E-state index in [0.29, 0.717) is 17.2 Å². The Kier molecular flexibility index (Phi) is 4.11. The molecule has 0 fully saturated rings. The Morgan fingerprint density at radius 1 is 1.24 bits per heavy atom. The van der Waals surface area contributed by atoms with Crippen LogP contribution in [0.25, 0.3) is 0 Å². The van der Waals surface area contributed by atoms with E-state index in [1.165, 1.54) is 5.56 Å². The molecule has 2 atom stereocenters. The highest BCUT2D eigenvalue weighted by atomic mass is 32.2. The van der Waals surface area contributed by atoms with Crippen LogP contribution in [0.2, 0.25) is 0 Å². The molecule has 0 bridgehead atoms. The first kappa shape index (κ1) is 12.5. The molecule has 0 saturated carbocycles. The number of nitrogens with one attached hydrogen (secondary N) is 1. The van der Waals surface area contributed by atoms with Crippen LogP contribution in [-0.4, -0.2) is 17.0 Å². The van der Waals surface area contributed by atoms with Gasteiger partial charge in [-0.05, 0) is 18.4 Å². The van der Waals surface area contributed by atoms with E-state index in [4.69, 9.17) is 0 Å². The van der Waals surface area contributed by atoms with Crippen LogP contribution in [0.3, 0.4) is 0 Å². The molecule has 1 aromatic carbocycles. The molecule has 3 heteroatoms. The summed E-state index contributed by atoms with van der Waals surface area (Å²) < 4.78 is 0. The fraction of sp³-hybridized carbons (Fsp3) is 0.500. The van der Waals surface area contributed by atoms with Crippen LogP contribution in [0.4, 0.5) is 0 Å². The summed E-state index contributed by atoms with van der Waals surface area (Å²) in [4.78, 5) is 4.57. The van der Waals surface area contributed by atoms with E-state index >= 15 is 0 Å². The van der Waals surface area contributed by atoms with Gasteiger partial charge in [-0.3, -0.25) is 4.99 Å². The summed E-state index contributed by atoms with van der Waals surface area (Å²) in [5.74, 6) is 0.690. The van der Waals surface area contributed by atoms with Crippen LogP contribution >= 0.6 is 11.8 Å². The van der Waals surface area contributed by atoms with Crippen LogP contribution in [0, 0.1) is 5.92 Å². The Labute approximate surface area is 108 Å². The van der Waals surface area contributed by atoms with Crippen molar-refractivity contribution in [1.82, 2.24) is 5.32 Å².